The predicted molar refractivity (Wildman–Crippen MR) is 76.2 cm³/mol. The van der Waals surface area contributed by atoms with E-state index >= 15 is 0 Å². The van der Waals surface area contributed by atoms with Gasteiger partial charge in [-0.1, -0.05) is 30.3 Å². The Morgan fingerprint density at radius 2 is 2.00 bits per heavy atom. The number of aliphatic hydroxyl groups is 1. The van der Waals surface area contributed by atoms with Crippen molar-refractivity contribution < 1.29 is 5.11 Å². The number of thiazole rings is 1. The van der Waals surface area contributed by atoms with Crippen LogP contribution in [-0.2, 0) is 6.42 Å². The van der Waals surface area contributed by atoms with E-state index in [9.17, 15) is 5.11 Å². The van der Waals surface area contributed by atoms with Gasteiger partial charge in [-0.15, -0.1) is 11.3 Å². The molecule has 0 spiro atoms. The van der Waals surface area contributed by atoms with E-state index in [2.05, 4.69) is 29.4 Å². The predicted octanol–water partition coefficient (Wildman–Crippen LogP) is 2.78. The van der Waals surface area contributed by atoms with Gasteiger partial charge in [-0.25, -0.2) is 4.98 Å². The smallest absolute Gasteiger partial charge is 0.183 e. The molecule has 3 nitrogen and oxygen atoms in total. The number of aryl methyl sites for hydroxylation is 2. The average molecular weight is 262 g/mol. The molecule has 2 rings (SSSR count). The minimum Gasteiger partial charge on any atom is -0.394 e. The van der Waals surface area contributed by atoms with Crippen molar-refractivity contribution in [2.75, 3.05) is 11.9 Å². The van der Waals surface area contributed by atoms with Crippen LogP contribution in [0.3, 0.4) is 0 Å². The molecule has 2 aromatic rings. The van der Waals surface area contributed by atoms with Crippen LogP contribution in [-0.4, -0.2) is 22.7 Å². The van der Waals surface area contributed by atoms with Crippen molar-refractivity contribution in [3.05, 3.63) is 46.5 Å². The molecule has 0 bridgehead atoms. The van der Waals surface area contributed by atoms with Gasteiger partial charge in [-0.3, -0.25) is 0 Å². The molecule has 0 fully saturated rings. The number of benzene rings is 1. The molecule has 96 valence electrons. The van der Waals surface area contributed by atoms with Crippen molar-refractivity contribution in [3.8, 4) is 0 Å². The van der Waals surface area contributed by atoms with Crippen molar-refractivity contribution in [3.63, 3.8) is 0 Å². The zero-order valence-corrected chi connectivity index (χ0v) is 11.5. The quantitative estimate of drug-likeness (QED) is 0.871. The summed E-state index contributed by atoms with van der Waals surface area (Å²) in [4.78, 5) is 5.65. The van der Waals surface area contributed by atoms with Gasteiger partial charge in [0.1, 0.15) is 0 Å². The maximum absolute atomic E-state index is 9.44. The lowest BCUT2D eigenvalue weighted by molar-refractivity contribution is 0.273. The molecule has 0 unspecified atom stereocenters. The summed E-state index contributed by atoms with van der Waals surface area (Å²) in [5.74, 6) is 0. The first-order chi connectivity index (χ1) is 8.69. The van der Waals surface area contributed by atoms with Crippen LogP contribution in [0, 0.1) is 13.8 Å². The van der Waals surface area contributed by atoms with Gasteiger partial charge in [-0.2, -0.15) is 0 Å². The van der Waals surface area contributed by atoms with Gasteiger partial charge in [-0.05, 0) is 25.8 Å². The van der Waals surface area contributed by atoms with Gasteiger partial charge in [0.15, 0.2) is 5.13 Å². The zero-order chi connectivity index (χ0) is 13.0. The highest BCUT2D eigenvalue weighted by Crippen LogP contribution is 2.22. The summed E-state index contributed by atoms with van der Waals surface area (Å²) in [7, 11) is 0. The van der Waals surface area contributed by atoms with Gasteiger partial charge < -0.3 is 10.4 Å². The normalized spacial score (nSPS) is 12.4. The maximum atomic E-state index is 9.44. The van der Waals surface area contributed by atoms with Crippen LogP contribution in [0.5, 0.6) is 0 Å². The molecule has 0 aliphatic heterocycles. The molecule has 1 aromatic carbocycles. The first-order valence-corrected chi connectivity index (χ1v) is 6.86. The Bertz CT molecular complexity index is 476. The van der Waals surface area contributed by atoms with Crippen molar-refractivity contribution in [2.24, 2.45) is 0 Å². The average Bonchev–Trinajstić information content (AvgIpc) is 2.69. The Labute approximate surface area is 112 Å². The minimum absolute atomic E-state index is 0.0114. The lowest BCUT2D eigenvalue weighted by atomic mass is 10.1. The van der Waals surface area contributed by atoms with Crippen molar-refractivity contribution in [2.45, 2.75) is 26.3 Å². The monoisotopic (exact) mass is 262 g/mol. The summed E-state index contributed by atoms with van der Waals surface area (Å²) >= 11 is 1.64. The molecule has 1 atom stereocenters. The fourth-order valence-corrected chi connectivity index (χ4v) is 2.66. The molecule has 0 aliphatic carbocycles. The molecule has 1 aromatic heterocycles. The highest BCUT2D eigenvalue weighted by Gasteiger charge is 2.11. The van der Waals surface area contributed by atoms with E-state index in [0.717, 1.165) is 17.2 Å². The standard InChI is InChI=1S/C14H18N2OS/c1-10-11(2)18-14(15-10)16-13(9-17)8-12-6-4-3-5-7-12/h3-7,13,17H,8-9H2,1-2H3,(H,15,16)/t13-/m1/s1. The van der Waals surface area contributed by atoms with Crippen molar-refractivity contribution in [1.29, 1.82) is 0 Å². The van der Waals surface area contributed by atoms with Crippen LogP contribution in [0.4, 0.5) is 5.13 Å². The highest BCUT2D eigenvalue weighted by molar-refractivity contribution is 7.15. The van der Waals surface area contributed by atoms with Crippen LogP contribution in [0.15, 0.2) is 30.3 Å². The second kappa shape index (κ2) is 5.98. The lowest BCUT2D eigenvalue weighted by Gasteiger charge is -2.15. The summed E-state index contributed by atoms with van der Waals surface area (Å²) in [5.41, 5.74) is 2.27. The lowest BCUT2D eigenvalue weighted by Crippen LogP contribution is -2.26. The van der Waals surface area contributed by atoms with Gasteiger partial charge >= 0.3 is 0 Å². The Balaban J connectivity index is 2.01. The number of hydrogen-bond donors (Lipinski definition) is 2. The number of aromatic nitrogens is 1. The zero-order valence-electron chi connectivity index (χ0n) is 10.7. The molecule has 0 amide bonds. The molecule has 4 heteroatoms. The van der Waals surface area contributed by atoms with Crippen LogP contribution in [0.1, 0.15) is 16.1 Å². The highest BCUT2D eigenvalue weighted by atomic mass is 32.1. The molecule has 1 heterocycles. The second-order valence-electron chi connectivity index (χ2n) is 4.37. The topological polar surface area (TPSA) is 45.2 Å². The van der Waals surface area contributed by atoms with E-state index < -0.39 is 0 Å². The summed E-state index contributed by atoms with van der Waals surface area (Å²) in [6, 6.07) is 10.2. The first-order valence-electron chi connectivity index (χ1n) is 6.04. The molecular weight excluding hydrogens is 244 g/mol. The number of rotatable bonds is 5. The molecule has 0 radical (unpaired) electrons. The van der Waals surface area contributed by atoms with Crippen LogP contribution in [0.2, 0.25) is 0 Å². The fourth-order valence-electron chi connectivity index (χ4n) is 1.77. The summed E-state index contributed by atoms with van der Waals surface area (Å²) < 4.78 is 0. The van der Waals surface area contributed by atoms with Crippen molar-refractivity contribution in [1.82, 2.24) is 4.98 Å². The third-order valence-corrected chi connectivity index (χ3v) is 3.91. The Kier molecular flexibility index (Phi) is 4.33. The Morgan fingerprint density at radius 3 is 2.56 bits per heavy atom. The van der Waals surface area contributed by atoms with Crippen LogP contribution in [0.25, 0.3) is 0 Å². The second-order valence-corrected chi connectivity index (χ2v) is 5.58. The largest absolute Gasteiger partial charge is 0.394 e. The Hall–Kier alpha value is -1.39. The van der Waals surface area contributed by atoms with Crippen molar-refractivity contribution >= 4 is 16.5 Å². The van der Waals surface area contributed by atoms with E-state index in [1.807, 2.05) is 25.1 Å². The molecule has 0 saturated heterocycles. The Morgan fingerprint density at radius 1 is 1.28 bits per heavy atom. The number of anilines is 1. The van der Waals surface area contributed by atoms with Crippen LogP contribution < -0.4 is 5.32 Å². The SMILES string of the molecule is Cc1nc(N[C@@H](CO)Cc2ccccc2)sc1C. The summed E-state index contributed by atoms with van der Waals surface area (Å²) in [5, 5.41) is 13.6. The third kappa shape index (κ3) is 3.31. The third-order valence-electron chi connectivity index (χ3n) is 2.90. The minimum atomic E-state index is 0.0114. The molecule has 2 N–H and O–H groups in total. The van der Waals surface area contributed by atoms with Gasteiger partial charge in [0, 0.05) is 4.88 Å². The van der Waals surface area contributed by atoms with E-state index in [4.69, 9.17) is 0 Å². The summed E-state index contributed by atoms with van der Waals surface area (Å²) in [6.45, 7) is 4.16. The van der Waals surface area contributed by atoms with Gasteiger partial charge in [0.2, 0.25) is 0 Å². The van der Waals surface area contributed by atoms with E-state index in [1.54, 1.807) is 11.3 Å². The molecule has 0 aliphatic rings. The van der Waals surface area contributed by atoms with Crippen LogP contribution >= 0.6 is 11.3 Å². The number of nitrogens with zero attached hydrogens (tertiary/aromatic N) is 1. The molecule has 18 heavy (non-hydrogen) atoms. The van der Waals surface area contributed by atoms with E-state index in [1.165, 1.54) is 10.4 Å². The fraction of sp³-hybridized carbons (Fsp3) is 0.357. The van der Waals surface area contributed by atoms with Gasteiger partial charge in [0.25, 0.3) is 0 Å². The van der Waals surface area contributed by atoms with E-state index in [-0.39, 0.29) is 12.6 Å². The molecular formula is C14H18N2OS. The molecule has 0 saturated carbocycles. The first kappa shape index (κ1) is 13.1. The number of hydrogen-bond acceptors (Lipinski definition) is 4. The van der Waals surface area contributed by atoms with Gasteiger partial charge in [0.05, 0.1) is 18.3 Å². The number of nitrogens with one attached hydrogen (secondary N) is 1. The maximum Gasteiger partial charge on any atom is 0.183 e. The van der Waals surface area contributed by atoms with E-state index in [0.29, 0.717) is 0 Å². The summed E-state index contributed by atoms with van der Waals surface area (Å²) in [6.07, 6.45) is 0.801. The number of aliphatic hydroxyl groups excluding tert-OH is 1.